The van der Waals surface area contributed by atoms with Crippen LogP contribution in [0.1, 0.15) is 43.8 Å². The molecule has 0 aliphatic carbocycles. The van der Waals surface area contributed by atoms with E-state index >= 15 is 0 Å². The SMILES string of the molecule is Cc1occc1C(=O)Nc1ccc(C(=O)C2Nc3ccccc3Cn3cccc32)cn1. The summed E-state index contributed by atoms with van der Waals surface area (Å²) in [5.41, 5.74) is 3.87. The van der Waals surface area contributed by atoms with E-state index in [2.05, 4.69) is 26.3 Å². The molecule has 0 saturated carbocycles. The lowest BCUT2D eigenvalue weighted by Crippen LogP contribution is -2.22. The molecule has 7 heteroatoms. The van der Waals surface area contributed by atoms with Crippen molar-refractivity contribution in [2.75, 3.05) is 10.6 Å². The van der Waals surface area contributed by atoms with Gasteiger partial charge in [0.2, 0.25) is 0 Å². The molecular formula is C24H20N4O3. The first kappa shape index (κ1) is 18.9. The van der Waals surface area contributed by atoms with Crippen molar-refractivity contribution in [2.24, 2.45) is 0 Å². The fourth-order valence-electron chi connectivity index (χ4n) is 3.83. The van der Waals surface area contributed by atoms with E-state index in [-0.39, 0.29) is 11.7 Å². The summed E-state index contributed by atoms with van der Waals surface area (Å²) >= 11 is 0. The van der Waals surface area contributed by atoms with Crippen LogP contribution in [-0.2, 0) is 6.54 Å². The number of pyridine rings is 1. The standard InChI is InChI=1S/C24H20N4O3/c1-15-18(10-12-31-15)24(30)27-21-9-8-16(13-25-21)23(29)22-20-7-4-11-28(20)14-17-5-2-3-6-19(17)26-22/h2-13,22,26H,14H2,1H3,(H,25,27,30). The summed E-state index contributed by atoms with van der Waals surface area (Å²) in [6.45, 7) is 2.42. The van der Waals surface area contributed by atoms with Gasteiger partial charge in [-0.3, -0.25) is 9.59 Å². The molecule has 1 atom stereocenters. The maximum Gasteiger partial charge on any atom is 0.260 e. The van der Waals surface area contributed by atoms with Crippen molar-refractivity contribution in [2.45, 2.75) is 19.5 Å². The lowest BCUT2D eigenvalue weighted by molar-refractivity contribution is 0.0966. The maximum absolute atomic E-state index is 13.4. The van der Waals surface area contributed by atoms with E-state index in [9.17, 15) is 9.59 Å². The van der Waals surface area contributed by atoms with E-state index in [1.54, 1.807) is 25.1 Å². The molecule has 1 unspecified atom stereocenters. The second-order valence-corrected chi connectivity index (χ2v) is 7.44. The number of furan rings is 1. The molecule has 3 aromatic heterocycles. The molecule has 1 amide bonds. The third-order valence-electron chi connectivity index (χ3n) is 5.47. The molecule has 4 heterocycles. The van der Waals surface area contributed by atoms with Gasteiger partial charge in [0.05, 0.1) is 11.8 Å². The first-order valence-electron chi connectivity index (χ1n) is 9.95. The normalized spacial score (nSPS) is 14.7. The molecule has 0 saturated heterocycles. The van der Waals surface area contributed by atoms with E-state index in [0.717, 1.165) is 16.9 Å². The number of hydrogen-bond donors (Lipinski definition) is 2. The number of ketones is 1. The van der Waals surface area contributed by atoms with Crippen LogP contribution in [0.5, 0.6) is 0 Å². The van der Waals surface area contributed by atoms with Gasteiger partial charge in [-0.1, -0.05) is 18.2 Å². The van der Waals surface area contributed by atoms with E-state index < -0.39 is 6.04 Å². The van der Waals surface area contributed by atoms with Gasteiger partial charge in [0, 0.05) is 35.9 Å². The fourth-order valence-corrected chi connectivity index (χ4v) is 3.83. The number of anilines is 2. The molecule has 0 spiro atoms. The second kappa shape index (κ2) is 7.60. The number of hydrogen-bond acceptors (Lipinski definition) is 5. The summed E-state index contributed by atoms with van der Waals surface area (Å²) in [5, 5.41) is 6.12. The molecule has 0 fully saturated rings. The van der Waals surface area contributed by atoms with Gasteiger partial charge in [0.15, 0.2) is 5.78 Å². The van der Waals surface area contributed by atoms with E-state index in [0.29, 0.717) is 29.2 Å². The van der Waals surface area contributed by atoms with E-state index in [4.69, 9.17) is 4.42 Å². The summed E-state index contributed by atoms with van der Waals surface area (Å²) in [7, 11) is 0. The van der Waals surface area contributed by atoms with Crippen molar-refractivity contribution >= 4 is 23.2 Å². The van der Waals surface area contributed by atoms with Crippen LogP contribution >= 0.6 is 0 Å². The molecule has 1 aromatic carbocycles. The number of aromatic nitrogens is 2. The van der Waals surface area contributed by atoms with Crippen molar-refractivity contribution in [1.29, 1.82) is 0 Å². The summed E-state index contributed by atoms with van der Waals surface area (Å²) in [6, 6.07) is 16.3. The van der Waals surface area contributed by atoms with Crippen LogP contribution in [0.2, 0.25) is 0 Å². The average Bonchev–Trinajstić information content (AvgIpc) is 3.39. The van der Waals surface area contributed by atoms with Crippen LogP contribution in [0.3, 0.4) is 0 Å². The Morgan fingerprint density at radius 2 is 2.00 bits per heavy atom. The van der Waals surface area contributed by atoms with Crippen LogP contribution in [0.25, 0.3) is 0 Å². The maximum atomic E-state index is 13.4. The summed E-state index contributed by atoms with van der Waals surface area (Å²) in [5.74, 6) is 0.502. The second-order valence-electron chi connectivity index (χ2n) is 7.44. The number of nitrogens with one attached hydrogen (secondary N) is 2. The fraction of sp³-hybridized carbons (Fsp3) is 0.125. The average molecular weight is 412 g/mol. The third kappa shape index (κ3) is 3.50. The van der Waals surface area contributed by atoms with E-state index in [1.807, 2.05) is 36.5 Å². The largest absolute Gasteiger partial charge is 0.469 e. The number of aryl methyl sites for hydroxylation is 1. The Kier molecular flexibility index (Phi) is 4.63. The molecule has 0 radical (unpaired) electrons. The van der Waals surface area contributed by atoms with Crippen molar-refractivity contribution in [1.82, 2.24) is 9.55 Å². The summed E-state index contributed by atoms with van der Waals surface area (Å²) in [4.78, 5) is 30.0. The number of nitrogens with zero attached hydrogens (tertiary/aromatic N) is 2. The highest BCUT2D eigenvalue weighted by molar-refractivity contribution is 6.05. The molecule has 7 nitrogen and oxygen atoms in total. The Labute approximate surface area is 178 Å². The minimum absolute atomic E-state index is 0.0901. The number of benzene rings is 1. The highest BCUT2D eigenvalue weighted by Crippen LogP contribution is 2.31. The summed E-state index contributed by atoms with van der Waals surface area (Å²) < 4.78 is 7.24. The smallest absolute Gasteiger partial charge is 0.260 e. The number of carbonyl (C=O) groups excluding carboxylic acids is 2. The first-order chi connectivity index (χ1) is 15.1. The van der Waals surface area contributed by atoms with Gasteiger partial charge < -0.3 is 19.6 Å². The van der Waals surface area contributed by atoms with E-state index in [1.165, 1.54) is 12.5 Å². The topological polar surface area (TPSA) is 89.2 Å². The molecule has 31 heavy (non-hydrogen) atoms. The monoisotopic (exact) mass is 412 g/mol. The van der Waals surface area contributed by atoms with Crippen LogP contribution in [0, 0.1) is 6.92 Å². The molecule has 2 N–H and O–H groups in total. The molecule has 0 bridgehead atoms. The van der Waals surface area contributed by atoms with Crippen molar-refractivity contribution in [3.05, 3.63) is 101 Å². The number of Topliss-reactive ketones (excluding diaryl/α,β-unsaturated/α-hetero) is 1. The van der Waals surface area contributed by atoms with Crippen molar-refractivity contribution in [3.63, 3.8) is 0 Å². The highest BCUT2D eigenvalue weighted by Gasteiger charge is 2.28. The Bertz CT molecular complexity index is 1270. The van der Waals surface area contributed by atoms with Gasteiger partial charge in [0.1, 0.15) is 17.6 Å². The number of para-hydroxylation sites is 1. The first-order valence-corrected chi connectivity index (χ1v) is 9.95. The van der Waals surface area contributed by atoms with Gasteiger partial charge in [-0.15, -0.1) is 0 Å². The number of rotatable bonds is 4. The molecular weight excluding hydrogens is 392 g/mol. The third-order valence-corrected chi connectivity index (χ3v) is 5.47. The highest BCUT2D eigenvalue weighted by atomic mass is 16.3. The Balaban J connectivity index is 1.39. The molecule has 5 rings (SSSR count). The number of carbonyl (C=O) groups is 2. The lowest BCUT2D eigenvalue weighted by Gasteiger charge is -2.18. The van der Waals surface area contributed by atoms with Gasteiger partial charge in [-0.05, 0) is 48.9 Å². The van der Waals surface area contributed by atoms with Gasteiger partial charge in [-0.2, -0.15) is 0 Å². The van der Waals surface area contributed by atoms with Crippen LogP contribution in [0.4, 0.5) is 11.5 Å². The van der Waals surface area contributed by atoms with Crippen LogP contribution < -0.4 is 10.6 Å². The van der Waals surface area contributed by atoms with Gasteiger partial charge in [-0.25, -0.2) is 4.98 Å². The Morgan fingerprint density at radius 3 is 2.77 bits per heavy atom. The summed E-state index contributed by atoms with van der Waals surface area (Å²) in [6.07, 6.45) is 4.94. The molecule has 1 aliphatic heterocycles. The van der Waals surface area contributed by atoms with Gasteiger partial charge >= 0.3 is 0 Å². The Hall–Kier alpha value is -4.13. The van der Waals surface area contributed by atoms with Crippen LogP contribution in [-0.4, -0.2) is 21.2 Å². The predicted octanol–water partition coefficient (Wildman–Crippen LogP) is 4.43. The zero-order valence-corrected chi connectivity index (χ0v) is 16.8. The minimum atomic E-state index is -0.533. The lowest BCUT2D eigenvalue weighted by atomic mass is 10.0. The molecule has 154 valence electrons. The van der Waals surface area contributed by atoms with Gasteiger partial charge in [0.25, 0.3) is 5.91 Å². The molecule has 1 aliphatic rings. The number of amides is 1. The minimum Gasteiger partial charge on any atom is -0.469 e. The number of fused-ring (bicyclic) bond motifs is 2. The molecule has 4 aromatic rings. The quantitative estimate of drug-likeness (QED) is 0.484. The van der Waals surface area contributed by atoms with Crippen molar-refractivity contribution in [3.8, 4) is 0 Å². The zero-order valence-electron chi connectivity index (χ0n) is 16.8. The van der Waals surface area contributed by atoms with Crippen molar-refractivity contribution < 1.29 is 14.0 Å². The van der Waals surface area contributed by atoms with Crippen LogP contribution in [0.15, 0.2) is 77.7 Å². The predicted molar refractivity (Wildman–Crippen MR) is 116 cm³/mol. The zero-order chi connectivity index (χ0) is 21.4. The Morgan fingerprint density at radius 1 is 1.13 bits per heavy atom.